The molecule has 0 spiro atoms. The molecule has 0 fully saturated rings. The van der Waals surface area contributed by atoms with Gasteiger partial charge in [-0.25, -0.2) is 14.9 Å². The van der Waals surface area contributed by atoms with Gasteiger partial charge in [0.05, 0.1) is 12.8 Å². The van der Waals surface area contributed by atoms with Crippen LogP contribution in [0.1, 0.15) is 5.56 Å². The molecule has 0 atom stereocenters. The zero-order chi connectivity index (χ0) is 17.6. The van der Waals surface area contributed by atoms with Crippen LogP contribution < -0.4 is 10.7 Å². The van der Waals surface area contributed by atoms with Gasteiger partial charge in [0, 0.05) is 31.0 Å². The summed E-state index contributed by atoms with van der Waals surface area (Å²) >= 11 is 0. The fraction of sp³-hybridized carbons (Fsp3) is 0.188. The largest absolute Gasteiger partial charge is 0.383 e. The number of methoxy groups -OCH3 is 1. The average Bonchev–Trinajstić information content (AvgIpc) is 3.05. The molecule has 0 saturated carbocycles. The van der Waals surface area contributed by atoms with Crippen molar-refractivity contribution in [3.63, 3.8) is 0 Å². The third-order valence-corrected chi connectivity index (χ3v) is 3.63. The number of hydrogen-bond acceptors (Lipinski definition) is 7. The van der Waals surface area contributed by atoms with Gasteiger partial charge in [0.15, 0.2) is 5.65 Å². The van der Waals surface area contributed by atoms with Gasteiger partial charge >= 0.3 is 0 Å². The Balaban J connectivity index is 1.88. The van der Waals surface area contributed by atoms with Crippen LogP contribution in [0.3, 0.4) is 0 Å². The molecule has 3 aromatic rings. The number of aromatic nitrogens is 3. The predicted octanol–water partition coefficient (Wildman–Crippen LogP) is 2.32. The number of rotatable bonds is 7. The maximum Gasteiger partial charge on any atom is 0.165 e. The third kappa shape index (κ3) is 3.61. The van der Waals surface area contributed by atoms with E-state index < -0.39 is 0 Å². The standard InChI is InChI=1S/C16H18N8O/c1-25-9-7-19-14-6-8-24-16(21-14)13(10-20-24)11-2-4-12(5-3-11)15(17)22-23-18/h2-6,8,10H,7,9H2,1H3,(H,19,21)(H3,17,18,22). The molecule has 0 unspecified atom stereocenters. The topological polar surface area (TPSA) is 124 Å². The summed E-state index contributed by atoms with van der Waals surface area (Å²) < 4.78 is 6.74. The summed E-state index contributed by atoms with van der Waals surface area (Å²) in [5.41, 5.74) is 12.3. The van der Waals surface area contributed by atoms with Gasteiger partial charge in [0.25, 0.3) is 0 Å². The molecule has 0 radical (unpaired) electrons. The highest BCUT2D eigenvalue weighted by Crippen LogP contribution is 2.24. The lowest BCUT2D eigenvalue weighted by Gasteiger charge is -2.06. The molecule has 2 heterocycles. The molecular weight excluding hydrogens is 320 g/mol. The van der Waals surface area contributed by atoms with Crippen molar-refractivity contribution in [3.05, 3.63) is 48.3 Å². The quantitative estimate of drug-likeness (QED) is 0.173. The average molecular weight is 338 g/mol. The minimum absolute atomic E-state index is 0.0733. The van der Waals surface area contributed by atoms with E-state index in [0.29, 0.717) is 18.7 Å². The number of nitrogens with zero attached hydrogens (tertiary/aromatic N) is 4. The smallest absolute Gasteiger partial charge is 0.165 e. The first-order valence-corrected chi connectivity index (χ1v) is 7.62. The van der Waals surface area contributed by atoms with E-state index in [9.17, 15) is 0 Å². The van der Waals surface area contributed by atoms with E-state index in [1.165, 1.54) is 0 Å². The fourth-order valence-corrected chi connectivity index (χ4v) is 2.39. The van der Waals surface area contributed by atoms with E-state index in [4.69, 9.17) is 15.7 Å². The number of benzene rings is 1. The summed E-state index contributed by atoms with van der Waals surface area (Å²) in [6.07, 6.45) is 3.61. The second-order valence-corrected chi connectivity index (χ2v) is 5.23. The Hall–Kier alpha value is -3.33. The van der Waals surface area contributed by atoms with Gasteiger partial charge in [-0.15, -0.1) is 0 Å². The number of amidine groups is 1. The van der Waals surface area contributed by atoms with Crippen LogP contribution in [0, 0.1) is 10.9 Å². The third-order valence-electron chi connectivity index (χ3n) is 3.63. The van der Waals surface area contributed by atoms with Crippen LogP contribution in [0.25, 0.3) is 16.8 Å². The highest BCUT2D eigenvalue weighted by Gasteiger charge is 2.10. The van der Waals surface area contributed by atoms with Crippen molar-refractivity contribution < 1.29 is 4.74 Å². The van der Waals surface area contributed by atoms with Gasteiger partial charge in [-0.3, -0.25) is 5.41 Å². The highest BCUT2D eigenvalue weighted by molar-refractivity contribution is 5.96. The Morgan fingerprint density at radius 3 is 2.80 bits per heavy atom. The maximum absolute atomic E-state index is 7.74. The van der Waals surface area contributed by atoms with Crippen LogP contribution >= 0.6 is 0 Å². The van der Waals surface area contributed by atoms with Crippen molar-refractivity contribution in [2.45, 2.75) is 0 Å². The number of hydrogen-bond donors (Lipinski definition) is 4. The molecule has 3 rings (SSSR count). The van der Waals surface area contributed by atoms with Gasteiger partial charge in [-0.2, -0.15) is 10.6 Å². The van der Waals surface area contributed by atoms with Gasteiger partial charge in [-0.05, 0) is 11.6 Å². The van der Waals surface area contributed by atoms with Crippen LogP contribution in [0.2, 0.25) is 0 Å². The van der Waals surface area contributed by atoms with Gasteiger partial charge in [0.1, 0.15) is 11.7 Å². The minimum atomic E-state index is 0.0733. The molecule has 0 aliphatic rings. The Labute approximate surface area is 144 Å². The van der Waals surface area contributed by atoms with E-state index >= 15 is 0 Å². The van der Waals surface area contributed by atoms with Crippen molar-refractivity contribution in [3.8, 4) is 11.1 Å². The van der Waals surface area contributed by atoms with Crippen LogP contribution in [-0.2, 0) is 4.74 Å². The fourth-order valence-electron chi connectivity index (χ4n) is 2.39. The van der Waals surface area contributed by atoms with E-state index in [1.807, 2.05) is 24.4 Å². The molecular formula is C16H18N8O. The van der Waals surface area contributed by atoms with Crippen LogP contribution in [-0.4, -0.2) is 40.7 Å². The first-order valence-electron chi connectivity index (χ1n) is 7.62. The van der Waals surface area contributed by atoms with E-state index in [-0.39, 0.29) is 5.84 Å². The SMILES string of the molecule is COCCNc1ccn2ncc(-c3ccc(C(=N)NN=N)cc3)c2n1. The second kappa shape index (κ2) is 7.49. The Morgan fingerprint density at radius 2 is 2.08 bits per heavy atom. The molecule has 0 bridgehead atoms. The molecule has 1 aromatic carbocycles. The van der Waals surface area contributed by atoms with E-state index in [2.05, 4.69) is 26.0 Å². The first-order chi connectivity index (χ1) is 12.2. The maximum atomic E-state index is 7.74. The molecule has 0 amide bonds. The zero-order valence-corrected chi connectivity index (χ0v) is 13.7. The Kier molecular flexibility index (Phi) is 4.95. The van der Waals surface area contributed by atoms with Crippen molar-refractivity contribution >= 4 is 17.3 Å². The summed E-state index contributed by atoms with van der Waals surface area (Å²) in [6.45, 7) is 1.28. The number of ether oxygens (including phenoxy) is 1. The van der Waals surface area contributed by atoms with E-state index in [0.717, 1.165) is 22.6 Å². The monoisotopic (exact) mass is 338 g/mol. The summed E-state index contributed by atoms with van der Waals surface area (Å²) in [6, 6.07) is 9.22. The molecule has 128 valence electrons. The number of fused-ring (bicyclic) bond motifs is 1. The lowest BCUT2D eigenvalue weighted by Crippen LogP contribution is -2.16. The summed E-state index contributed by atoms with van der Waals surface area (Å²) in [4.78, 5) is 4.61. The lowest BCUT2D eigenvalue weighted by molar-refractivity contribution is 0.210. The van der Waals surface area contributed by atoms with E-state index in [1.54, 1.807) is 30.0 Å². The van der Waals surface area contributed by atoms with Crippen molar-refractivity contribution in [2.24, 2.45) is 5.22 Å². The molecule has 9 nitrogen and oxygen atoms in total. The summed E-state index contributed by atoms with van der Waals surface area (Å²) in [7, 11) is 1.66. The lowest BCUT2D eigenvalue weighted by atomic mass is 10.1. The molecule has 2 aromatic heterocycles. The highest BCUT2D eigenvalue weighted by atomic mass is 16.5. The zero-order valence-electron chi connectivity index (χ0n) is 13.7. The van der Waals surface area contributed by atoms with Gasteiger partial charge in [-0.1, -0.05) is 29.5 Å². The normalized spacial score (nSPS) is 10.6. The number of anilines is 1. The Morgan fingerprint density at radius 1 is 1.28 bits per heavy atom. The van der Waals surface area contributed by atoms with Crippen LogP contribution in [0.4, 0.5) is 5.82 Å². The Bertz CT molecular complexity index is 887. The molecule has 0 aliphatic carbocycles. The predicted molar refractivity (Wildman–Crippen MR) is 93.9 cm³/mol. The second-order valence-electron chi connectivity index (χ2n) is 5.23. The first kappa shape index (κ1) is 16.5. The van der Waals surface area contributed by atoms with Crippen molar-refractivity contribution in [1.82, 2.24) is 20.0 Å². The molecule has 0 aliphatic heterocycles. The molecule has 0 saturated heterocycles. The molecule has 25 heavy (non-hydrogen) atoms. The van der Waals surface area contributed by atoms with Crippen molar-refractivity contribution in [1.29, 1.82) is 10.9 Å². The molecule has 4 N–H and O–H groups in total. The molecule has 9 heteroatoms. The summed E-state index contributed by atoms with van der Waals surface area (Å²) in [5, 5.41) is 18.3. The summed E-state index contributed by atoms with van der Waals surface area (Å²) in [5.74, 6) is 0.829. The van der Waals surface area contributed by atoms with Crippen LogP contribution in [0.5, 0.6) is 0 Å². The van der Waals surface area contributed by atoms with Gasteiger partial charge < -0.3 is 10.1 Å². The minimum Gasteiger partial charge on any atom is -0.383 e. The van der Waals surface area contributed by atoms with Crippen LogP contribution in [0.15, 0.2) is 47.9 Å². The van der Waals surface area contributed by atoms with Gasteiger partial charge in [0.2, 0.25) is 0 Å². The van der Waals surface area contributed by atoms with Crippen molar-refractivity contribution in [2.75, 3.05) is 25.6 Å². The number of nitrogens with one attached hydrogen (secondary N) is 4.